The van der Waals surface area contributed by atoms with E-state index in [2.05, 4.69) is 10.3 Å². The number of nitrogens with one attached hydrogen (secondary N) is 1. The number of amides is 1. The van der Waals surface area contributed by atoms with Crippen molar-refractivity contribution in [2.24, 2.45) is 5.41 Å². The quantitative estimate of drug-likeness (QED) is 0.806. The third kappa shape index (κ3) is 4.19. The summed E-state index contributed by atoms with van der Waals surface area (Å²) in [6.07, 6.45) is 5.35. The first kappa shape index (κ1) is 16.3. The number of carbonyl (C=O) groups excluding carboxylic acids is 1. The Morgan fingerprint density at radius 2 is 2.18 bits per heavy atom. The van der Waals surface area contributed by atoms with E-state index in [4.69, 9.17) is 9.84 Å². The summed E-state index contributed by atoms with van der Waals surface area (Å²) in [7, 11) is 0. The Labute approximate surface area is 129 Å². The molecule has 1 amide bonds. The predicted molar refractivity (Wildman–Crippen MR) is 80.9 cm³/mol. The van der Waals surface area contributed by atoms with E-state index >= 15 is 0 Å². The van der Waals surface area contributed by atoms with Crippen LogP contribution in [-0.2, 0) is 4.79 Å². The number of pyridine rings is 1. The number of aliphatic carboxylic acids is 1. The molecule has 0 spiro atoms. The fourth-order valence-corrected chi connectivity index (χ4v) is 1.97. The molecule has 0 saturated heterocycles. The Kier molecular flexibility index (Phi) is 5.00. The van der Waals surface area contributed by atoms with Crippen LogP contribution in [0.25, 0.3) is 0 Å². The maximum atomic E-state index is 12.1. The fourth-order valence-electron chi connectivity index (χ4n) is 1.97. The summed E-state index contributed by atoms with van der Waals surface area (Å²) < 4.78 is 5.66. The van der Waals surface area contributed by atoms with E-state index in [1.165, 1.54) is 6.42 Å². The molecular weight excluding hydrogens is 284 g/mol. The molecule has 1 aromatic rings. The van der Waals surface area contributed by atoms with Crippen molar-refractivity contribution < 1.29 is 19.4 Å². The summed E-state index contributed by atoms with van der Waals surface area (Å²) in [6.45, 7) is 3.58. The normalized spacial score (nSPS) is 15.0. The minimum absolute atomic E-state index is 0.210. The topological polar surface area (TPSA) is 88.5 Å². The van der Waals surface area contributed by atoms with Crippen LogP contribution in [0.3, 0.4) is 0 Å². The molecule has 6 nitrogen and oxygen atoms in total. The lowest BCUT2D eigenvalue weighted by Crippen LogP contribution is -2.32. The van der Waals surface area contributed by atoms with Crippen molar-refractivity contribution in [1.82, 2.24) is 10.3 Å². The number of hydrogen-bond acceptors (Lipinski definition) is 4. The van der Waals surface area contributed by atoms with Crippen molar-refractivity contribution in [3.63, 3.8) is 0 Å². The van der Waals surface area contributed by atoms with Crippen LogP contribution in [0, 0.1) is 5.41 Å². The monoisotopic (exact) mass is 306 g/mol. The largest absolute Gasteiger partial charge is 0.481 e. The molecule has 0 radical (unpaired) electrons. The van der Waals surface area contributed by atoms with Crippen molar-refractivity contribution in [2.75, 3.05) is 6.54 Å². The minimum atomic E-state index is -0.873. The highest BCUT2D eigenvalue weighted by molar-refractivity contribution is 5.94. The molecule has 1 heterocycles. The highest BCUT2D eigenvalue weighted by Crippen LogP contribution is 2.24. The molecule has 0 atom stereocenters. The van der Waals surface area contributed by atoms with Gasteiger partial charge >= 0.3 is 5.97 Å². The lowest BCUT2D eigenvalue weighted by Gasteiger charge is -2.25. The van der Waals surface area contributed by atoms with Gasteiger partial charge in [0, 0.05) is 24.4 Å². The Hall–Kier alpha value is -2.11. The van der Waals surface area contributed by atoms with Crippen LogP contribution in [0.4, 0.5) is 0 Å². The molecule has 1 aromatic heterocycles. The zero-order valence-electron chi connectivity index (χ0n) is 13.0. The van der Waals surface area contributed by atoms with E-state index in [0.29, 0.717) is 24.4 Å². The Bertz CT molecular complexity index is 553. The van der Waals surface area contributed by atoms with Crippen LogP contribution in [0.1, 0.15) is 49.9 Å². The van der Waals surface area contributed by atoms with Gasteiger partial charge in [-0.2, -0.15) is 0 Å². The summed E-state index contributed by atoms with van der Waals surface area (Å²) in [6, 6.07) is 3.24. The molecule has 1 aliphatic rings. The molecule has 6 heteroatoms. The SMILES string of the molecule is CC(C)(CCNC(=O)c1ccnc(OC2CCC2)c1)C(=O)O. The van der Waals surface area contributed by atoms with E-state index < -0.39 is 11.4 Å². The maximum absolute atomic E-state index is 12.1. The van der Waals surface area contributed by atoms with Crippen molar-refractivity contribution >= 4 is 11.9 Å². The number of carboxylic acids is 1. The van der Waals surface area contributed by atoms with Gasteiger partial charge in [0.05, 0.1) is 5.41 Å². The summed E-state index contributed by atoms with van der Waals surface area (Å²) >= 11 is 0. The second-order valence-electron chi connectivity index (χ2n) is 6.25. The number of rotatable bonds is 7. The molecule has 0 aromatic carbocycles. The lowest BCUT2D eigenvalue weighted by molar-refractivity contribution is -0.147. The number of aromatic nitrogens is 1. The number of carboxylic acid groups (broad SMARTS) is 1. The Morgan fingerprint density at radius 1 is 1.45 bits per heavy atom. The first-order chi connectivity index (χ1) is 10.4. The summed E-state index contributed by atoms with van der Waals surface area (Å²) in [4.78, 5) is 27.2. The van der Waals surface area contributed by atoms with Gasteiger partial charge in [0.1, 0.15) is 6.10 Å². The van der Waals surface area contributed by atoms with Crippen LogP contribution < -0.4 is 10.1 Å². The molecule has 2 rings (SSSR count). The number of ether oxygens (including phenoxy) is 1. The van der Waals surface area contributed by atoms with Crippen molar-refractivity contribution in [2.45, 2.75) is 45.6 Å². The highest BCUT2D eigenvalue weighted by atomic mass is 16.5. The van der Waals surface area contributed by atoms with Crippen LogP contribution >= 0.6 is 0 Å². The van der Waals surface area contributed by atoms with Gasteiger partial charge in [-0.3, -0.25) is 9.59 Å². The van der Waals surface area contributed by atoms with Gasteiger partial charge < -0.3 is 15.2 Å². The second-order valence-corrected chi connectivity index (χ2v) is 6.25. The minimum Gasteiger partial charge on any atom is -0.481 e. The number of nitrogens with zero attached hydrogens (tertiary/aromatic N) is 1. The predicted octanol–water partition coefficient (Wildman–Crippen LogP) is 2.24. The number of carbonyl (C=O) groups is 2. The summed E-state index contributed by atoms with van der Waals surface area (Å²) in [5.41, 5.74) is -0.387. The molecule has 0 bridgehead atoms. The molecule has 1 aliphatic carbocycles. The van der Waals surface area contributed by atoms with Gasteiger partial charge in [-0.05, 0) is 45.6 Å². The Morgan fingerprint density at radius 3 is 2.77 bits per heavy atom. The van der Waals surface area contributed by atoms with Gasteiger partial charge in [0.25, 0.3) is 5.91 Å². The first-order valence-corrected chi connectivity index (χ1v) is 7.53. The number of hydrogen-bond donors (Lipinski definition) is 2. The average Bonchev–Trinajstić information content (AvgIpc) is 2.43. The molecule has 0 aliphatic heterocycles. The van der Waals surface area contributed by atoms with Crippen LogP contribution in [0.15, 0.2) is 18.3 Å². The first-order valence-electron chi connectivity index (χ1n) is 7.53. The van der Waals surface area contributed by atoms with Gasteiger partial charge in [-0.25, -0.2) is 4.98 Å². The molecule has 2 N–H and O–H groups in total. The van der Waals surface area contributed by atoms with Crippen molar-refractivity contribution in [1.29, 1.82) is 0 Å². The molecule has 22 heavy (non-hydrogen) atoms. The van der Waals surface area contributed by atoms with E-state index in [9.17, 15) is 9.59 Å². The van der Waals surface area contributed by atoms with Crippen molar-refractivity contribution in [3.05, 3.63) is 23.9 Å². The van der Waals surface area contributed by atoms with E-state index in [1.54, 1.807) is 32.2 Å². The van der Waals surface area contributed by atoms with E-state index in [-0.39, 0.29) is 12.0 Å². The molecule has 1 saturated carbocycles. The molecule has 1 fully saturated rings. The van der Waals surface area contributed by atoms with Gasteiger partial charge in [0.2, 0.25) is 5.88 Å². The molecular formula is C16H22N2O4. The van der Waals surface area contributed by atoms with Gasteiger partial charge in [0.15, 0.2) is 0 Å². The third-order valence-corrected chi connectivity index (χ3v) is 3.95. The second kappa shape index (κ2) is 6.77. The van der Waals surface area contributed by atoms with Crippen molar-refractivity contribution in [3.8, 4) is 5.88 Å². The zero-order chi connectivity index (χ0) is 16.2. The fraction of sp³-hybridized carbons (Fsp3) is 0.562. The molecule has 120 valence electrons. The van der Waals surface area contributed by atoms with Gasteiger partial charge in [-0.1, -0.05) is 0 Å². The van der Waals surface area contributed by atoms with Crippen LogP contribution in [0.5, 0.6) is 5.88 Å². The molecule has 0 unspecified atom stereocenters. The summed E-state index contributed by atoms with van der Waals surface area (Å²) in [5, 5.41) is 11.8. The van der Waals surface area contributed by atoms with Crippen LogP contribution in [0.2, 0.25) is 0 Å². The van der Waals surface area contributed by atoms with Gasteiger partial charge in [-0.15, -0.1) is 0 Å². The maximum Gasteiger partial charge on any atom is 0.309 e. The Balaban J connectivity index is 1.86. The highest BCUT2D eigenvalue weighted by Gasteiger charge is 2.26. The average molecular weight is 306 g/mol. The standard InChI is InChI=1S/C16H22N2O4/c1-16(2,15(20)21)7-9-18-14(19)11-6-8-17-13(10-11)22-12-4-3-5-12/h6,8,10,12H,3-5,7,9H2,1-2H3,(H,18,19)(H,20,21). The smallest absolute Gasteiger partial charge is 0.309 e. The van der Waals surface area contributed by atoms with E-state index in [1.807, 2.05) is 0 Å². The zero-order valence-corrected chi connectivity index (χ0v) is 13.0. The summed E-state index contributed by atoms with van der Waals surface area (Å²) in [5.74, 6) is -0.660. The lowest BCUT2D eigenvalue weighted by atomic mass is 9.90. The van der Waals surface area contributed by atoms with Crippen LogP contribution in [-0.4, -0.2) is 34.6 Å². The third-order valence-electron chi connectivity index (χ3n) is 3.95. The van der Waals surface area contributed by atoms with E-state index in [0.717, 1.165) is 12.8 Å².